The summed E-state index contributed by atoms with van der Waals surface area (Å²) in [6.45, 7) is 0.603. The molecule has 5 rings (SSSR count). The molecule has 0 fully saturated rings. The molecule has 0 radical (unpaired) electrons. The number of carboxylic acids is 1. The number of carbonyl (C=O) groups is 4. The van der Waals surface area contributed by atoms with E-state index in [-0.39, 0.29) is 39.7 Å². The number of amides is 4. The fourth-order valence-electron chi connectivity index (χ4n) is 5.31. The van der Waals surface area contributed by atoms with E-state index in [1.54, 1.807) is 4.90 Å². The molecule has 0 aromatic heterocycles. The molecule has 0 spiro atoms. The van der Waals surface area contributed by atoms with E-state index in [9.17, 15) is 24.3 Å². The Morgan fingerprint density at radius 2 is 1.59 bits per heavy atom. The number of carbonyl (C=O) groups excluding carboxylic acids is 3. The van der Waals surface area contributed by atoms with Crippen LogP contribution in [0, 0.1) is 0 Å². The highest BCUT2D eigenvalue weighted by Gasteiger charge is 2.28. The zero-order chi connectivity index (χ0) is 29.1. The minimum Gasteiger partial charge on any atom is -0.480 e. The van der Waals surface area contributed by atoms with Crippen LogP contribution < -0.4 is 16.0 Å². The maximum absolute atomic E-state index is 13.2. The van der Waals surface area contributed by atoms with Gasteiger partial charge in [0.15, 0.2) is 0 Å². The molecule has 1 aliphatic heterocycles. The van der Waals surface area contributed by atoms with Gasteiger partial charge in [0.25, 0.3) is 11.8 Å². The summed E-state index contributed by atoms with van der Waals surface area (Å²) in [7, 11) is 0. The average Bonchev–Trinajstić information content (AvgIpc) is 3.36. The standard InChI is InChI=1S/C30H28Cl2N4O5/c31-22-13-20(28(38)36-12-11-17-5-1-2-7-19(17)16-36)14-23(32)26(22)27(37)34-25(29(39)40)15-33-30(41)35-24-10-9-18-6-3-4-8-21(18)24/h1-8,13-14,24-25H,9-12,15-16H2,(H,34,37)(H,39,40)(H2,33,35,41)/t24-,25?/m1/s1. The van der Waals surface area contributed by atoms with E-state index in [0.29, 0.717) is 13.1 Å². The normalized spacial score (nSPS) is 16.2. The molecule has 2 atom stereocenters. The van der Waals surface area contributed by atoms with Crippen molar-refractivity contribution in [2.24, 2.45) is 0 Å². The molecule has 2 aliphatic rings. The van der Waals surface area contributed by atoms with E-state index in [4.69, 9.17) is 23.2 Å². The monoisotopic (exact) mass is 594 g/mol. The van der Waals surface area contributed by atoms with Gasteiger partial charge in [-0.15, -0.1) is 0 Å². The van der Waals surface area contributed by atoms with Gasteiger partial charge in [-0.05, 0) is 53.6 Å². The Labute approximate surface area is 246 Å². The fraction of sp³-hybridized carbons (Fsp3) is 0.267. The van der Waals surface area contributed by atoms with Crippen molar-refractivity contribution in [1.29, 1.82) is 0 Å². The van der Waals surface area contributed by atoms with Crippen LogP contribution in [-0.4, -0.2) is 53.0 Å². The van der Waals surface area contributed by atoms with Crippen LogP contribution >= 0.6 is 23.2 Å². The first kappa shape index (κ1) is 28.4. The highest BCUT2D eigenvalue weighted by Crippen LogP contribution is 2.31. The van der Waals surface area contributed by atoms with Gasteiger partial charge in [0.2, 0.25) is 0 Å². The van der Waals surface area contributed by atoms with E-state index >= 15 is 0 Å². The van der Waals surface area contributed by atoms with E-state index in [1.165, 1.54) is 17.7 Å². The number of halogens is 2. The third-order valence-corrected chi connectivity index (χ3v) is 8.04. The number of aryl methyl sites for hydroxylation is 1. The SMILES string of the molecule is O=C(NCC(NC(=O)c1c(Cl)cc(C(=O)N2CCc3ccccc3C2)cc1Cl)C(=O)O)N[C@@H]1CCc2ccccc21. The summed E-state index contributed by atoms with van der Waals surface area (Å²) in [5.41, 5.74) is 4.52. The molecule has 4 N–H and O–H groups in total. The summed E-state index contributed by atoms with van der Waals surface area (Å²) in [4.78, 5) is 52.2. The average molecular weight is 595 g/mol. The van der Waals surface area contributed by atoms with Crippen LogP contribution in [0.25, 0.3) is 0 Å². The molecule has 1 aliphatic carbocycles. The fourth-order valence-corrected chi connectivity index (χ4v) is 5.97. The number of benzene rings is 3. The second-order valence-corrected chi connectivity index (χ2v) is 10.9. The minimum absolute atomic E-state index is 0.0921. The van der Waals surface area contributed by atoms with Gasteiger partial charge in [-0.1, -0.05) is 71.7 Å². The quantitative estimate of drug-likeness (QED) is 0.323. The predicted molar refractivity (Wildman–Crippen MR) is 154 cm³/mol. The van der Waals surface area contributed by atoms with Gasteiger partial charge in [-0.3, -0.25) is 9.59 Å². The lowest BCUT2D eigenvalue weighted by molar-refractivity contribution is -0.139. The molecule has 212 valence electrons. The number of hydrogen-bond acceptors (Lipinski definition) is 4. The molecule has 1 unspecified atom stereocenters. The smallest absolute Gasteiger partial charge is 0.328 e. The number of carboxylic acid groups (broad SMARTS) is 1. The minimum atomic E-state index is -1.45. The van der Waals surface area contributed by atoms with E-state index in [0.717, 1.165) is 36.0 Å². The molecule has 3 aromatic rings. The van der Waals surface area contributed by atoms with Crippen molar-refractivity contribution in [3.8, 4) is 0 Å². The van der Waals surface area contributed by atoms with Gasteiger partial charge >= 0.3 is 12.0 Å². The van der Waals surface area contributed by atoms with Crippen molar-refractivity contribution in [2.45, 2.75) is 37.9 Å². The molecule has 0 bridgehead atoms. The third kappa shape index (κ3) is 6.31. The molecule has 3 aromatic carbocycles. The second-order valence-electron chi connectivity index (χ2n) is 10.1. The predicted octanol–water partition coefficient (Wildman–Crippen LogP) is 4.36. The van der Waals surface area contributed by atoms with Crippen LogP contribution in [0.5, 0.6) is 0 Å². The molecule has 41 heavy (non-hydrogen) atoms. The summed E-state index contributed by atoms with van der Waals surface area (Å²) in [6.07, 6.45) is 2.31. The van der Waals surface area contributed by atoms with E-state index in [1.807, 2.05) is 48.5 Å². The number of nitrogens with one attached hydrogen (secondary N) is 3. The van der Waals surface area contributed by atoms with Crippen molar-refractivity contribution in [1.82, 2.24) is 20.9 Å². The molecule has 11 heteroatoms. The maximum Gasteiger partial charge on any atom is 0.328 e. The molecule has 9 nitrogen and oxygen atoms in total. The Morgan fingerprint density at radius 3 is 2.29 bits per heavy atom. The molecule has 0 saturated carbocycles. The lowest BCUT2D eigenvalue weighted by atomic mass is 9.99. The Bertz CT molecular complexity index is 1510. The van der Waals surface area contributed by atoms with E-state index < -0.39 is 23.9 Å². The van der Waals surface area contributed by atoms with Crippen LogP contribution in [0.4, 0.5) is 4.79 Å². The number of fused-ring (bicyclic) bond motifs is 2. The summed E-state index contributed by atoms with van der Waals surface area (Å²) in [5.74, 6) is -2.47. The van der Waals surface area contributed by atoms with Gasteiger partial charge in [0, 0.05) is 18.7 Å². The largest absolute Gasteiger partial charge is 0.480 e. The topological polar surface area (TPSA) is 128 Å². The van der Waals surface area contributed by atoms with Crippen molar-refractivity contribution in [3.63, 3.8) is 0 Å². The molecule has 1 heterocycles. The van der Waals surface area contributed by atoms with Gasteiger partial charge in [-0.2, -0.15) is 0 Å². The summed E-state index contributed by atoms with van der Waals surface area (Å²) < 4.78 is 0. The van der Waals surface area contributed by atoms with Gasteiger partial charge in [0.1, 0.15) is 6.04 Å². The second kappa shape index (κ2) is 12.2. The molecular formula is C30H28Cl2N4O5. The lowest BCUT2D eigenvalue weighted by Gasteiger charge is -2.29. The molecular weight excluding hydrogens is 567 g/mol. The van der Waals surface area contributed by atoms with Crippen LogP contribution in [0.2, 0.25) is 10.0 Å². The van der Waals surface area contributed by atoms with Crippen LogP contribution in [0.15, 0.2) is 60.7 Å². The summed E-state index contributed by atoms with van der Waals surface area (Å²) in [5, 5.41) is 17.2. The summed E-state index contributed by atoms with van der Waals surface area (Å²) in [6, 6.07) is 16.2. The highest BCUT2D eigenvalue weighted by molar-refractivity contribution is 6.40. The van der Waals surface area contributed by atoms with Crippen molar-refractivity contribution in [3.05, 3.63) is 104 Å². The maximum atomic E-state index is 13.2. The Morgan fingerprint density at radius 1 is 0.927 bits per heavy atom. The zero-order valence-corrected chi connectivity index (χ0v) is 23.5. The number of aliphatic carboxylic acids is 1. The molecule has 0 saturated heterocycles. The van der Waals surface area contributed by atoms with Crippen LogP contribution in [0.1, 0.15) is 55.4 Å². The first-order valence-electron chi connectivity index (χ1n) is 13.2. The zero-order valence-electron chi connectivity index (χ0n) is 22.0. The van der Waals surface area contributed by atoms with Crippen molar-refractivity contribution < 1.29 is 24.3 Å². The number of hydrogen-bond donors (Lipinski definition) is 4. The summed E-state index contributed by atoms with van der Waals surface area (Å²) >= 11 is 12.8. The van der Waals surface area contributed by atoms with Crippen LogP contribution in [0.3, 0.4) is 0 Å². The van der Waals surface area contributed by atoms with Crippen LogP contribution in [-0.2, 0) is 24.2 Å². The van der Waals surface area contributed by atoms with Crippen molar-refractivity contribution in [2.75, 3.05) is 13.1 Å². The lowest BCUT2D eigenvalue weighted by Crippen LogP contribution is -2.50. The first-order valence-corrected chi connectivity index (χ1v) is 14.0. The van der Waals surface area contributed by atoms with Crippen molar-refractivity contribution >= 4 is 47.0 Å². The number of urea groups is 1. The van der Waals surface area contributed by atoms with Gasteiger partial charge in [-0.25, -0.2) is 9.59 Å². The Kier molecular flexibility index (Phi) is 8.46. The van der Waals surface area contributed by atoms with Gasteiger partial charge < -0.3 is 26.0 Å². The molecule has 4 amide bonds. The van der Waals surface area contributed by atoms with Gasteiger partial charge in [0.05, 0.1) is 28.2 Å². The first-order chi connectivity index (χ1) is 19.7. The third-order valence-electron chi connectivity index (χ3n) is 7.44. The Balaban J connectivity index is 1.21. The Hall–Kier alpha value is -4.08. The number of rotatable bonds is 7. The highest BCUT2D eigenvalue weighted by atomic mass is 35.5. The van der Waals surface area contributed by atoms with E-state index in [2.05, 4.69) is 16.0 Å². The number of nitrogens with zero attached hydrogens (tertiary/aromatic N) is 1.